The molecule has 1 aromatic carbocycles. The normalized spacial score (nSPS) is 13.3. The zero-order valence-corrected chi connectivity index (χ0v) is 16.6. The highest BCUT2D eigenvalue weighted by Crippen LogP contribution is 2.25. The van der Waals surface area contributed by atoms with Crippen LogP contribution in [-0.2, 0) is 9.53 Å². The van der Waals surface area contributed by atoms with E-state index < -0.39 is 5.60 Å². The zero-order chi connectivity index (χ0) is 18.7. The summed E-state index contributed by atoms with van der Waals surface area (Å²) in [5, 5.41) is 3.01. The molecule has 4 heteroatoms. The minimum absolute atomic E-state index is 0.0792. The van der Waals surface area contributed by atoms with E-state index in [0.717, 1.165) is 62.1 Å². The second-order valence-corrected chi connectivity index (χ2v) is 6.76. The molecule has 1 amide bonds. The molecular formula is C21H35NO3. The molecular weight excluding hydrogens is 314 g/mol. The van der Waals surface area contributed by atoms with Gasteiger partial charge in [0.2, 0.25) is 0 Å². The van der Waals surface area contributed by atoms with Crippen molar-refractivity contribution in [1.82, 2.24) is 0 Å². The molecule has 1 aromatic rings. The number of ether oxygens (including phenoxy) is 2. The van der Waals surface area contributed by atoms with E-state index in [9.17, 15) is 4.79 Å². The summed E-state index contributed by atoms with van der Waals surface area (Å²) in [5.41, 5.74) is 1.03. The molecule has 4 nitrogen and oxygen atoms in total. The van der Waals surface area contributed by atoms with Crippen molar-refractivity contribution in [3.8, 4) is 5.75 Å². The number of unbranched alkanes of at least 4 members (excludes halogenated alkanes) is 3. The van der Waals surface area contributed by atoms with Crippen LogP contribution in [0.3, 0.4) is 0 Å². The summed E-state index contributed by atoms with van der Waals surface area (Å²) in [5.74, 6) is 0.798. The average molecular weight is 350 g/mol. The number of carbonyl (C=O) groups excluding carboxylic acids is 1. The number of hydrogen-bond donors (Lipinski definition) is 1. The fourth-order valence-electron chi connectivity index (χ4n) is 2.76. The zero-order valence-electron chi connectivity index (χ0n) is 16.6. The predicted octanol–water partition coefficient (Wildman–Crippen LogP) is 5.49. The third kappa shape index (κ3) is 7.07. The Morgan fingerprint density at radius 2 is 1.84 bits per heavy atom. The molecule has 1 atom stereocenters. The van der Waals surface area contributed by atoms with Gasteiger partial charge in [0.1, 0.15) is 11.4 Å². The van der Waals surface area contributed by atoms with Crippen LogP contribution in [0.5, 0.6) is 5.75 Å². The van der Waals surface area contributed by atoms with E-state index in [1.165, 1.54) is 0 Å². The van der Waals surface area contributed by atoms with Gasteiger partial charge in [0.25, 0.3) is 5.91 Å². The predicted molar refractivity (Wildman–Crippen MR) is 104 cm³/mol. The van der Waals surface area contributed by atoms with Crippen LogP contribution in [0.25, 0.3) is 0 Å². The number of carbonyl (C=O) groups is 1. The van der Waals surface area contributed by atoms with Gasteiger partial charge in [-0.3, -0.25) is 4.79 Å². The maximum atomic E-state index is 12.8. The number of anilines is 1. The van der Waals surface area contributed by atoms with Gasteiger partial charge < -0.3 is 14.8 Å². The monoisotopic (exact) mass is 349 g/mol. The smallest absolute Gasteiger partial charge is 0.256 e. The Labute approximate surface area is 153 Å². The van der Waals surface area contributed by atoms with Crippen molar-refractivity contribution >= 4 is 11.6 Å². The average Bonchev–Trinajstić information content (AvgIpc) is 2.57. The molecule has 0 heterocycles. The maximum absolute atomic E-state index is 12.8. The van der Waals surface area contributed by atoms with Crippen LogP contribution in [-0.4, -0.2) is 24.7 Å². The molecule has 0 saturated carbocycles. The van der Waals surface area contributed by atoms with Crippen LogP contribution < -0.4 is 10.1 Å². The van der Waals surface area contributed by atoms with Crippen molar-refractivity contribution in [2.45, 2.75) is 78.7 Å². The van der Waals surface area contributed by atoms with Gasteiger partial charge in [-0.25, -0.2) is 0 Å². The summed E-state index contributed by atoms with van der Waals surface area (Å²) in [6, 6.07) is 5.78. The summed E-state index contributed by atoms with van der Waals surface area (Å²) < 4.78 is 11.6. The van der Waals surface area contributed by atoms with Gasteiger partial charge in [-0.05, 0) is 57.4 Å². The summed E-state index contributed by atoms with van der Waals surface area (Å²) in [6.07, 6.45) is 6.12. The highest BCUT2D eigenvalue weighted by atomic mass is 16.5. The van der Waals surface area contributed by atoms with Gasteiger partial charge in [0, 0.05) is 12.3 Å². The minimum Gasteiger partial charge on any atom is -0.493 e. The van der Waals surface area contributed by atoms with Gasteiger partial charge in [0.05, 0.1) is 6.61 Å². The van der Waals surface area contributed by atoms with Crippen LogP contribution >= 0.6 is 0 Å². The van der Waals surface area contributed by atoms with Gasteiger partial charge in [-0.1, -0.05) is 39.5 Å². The minimum atomic E-state index is -0.784. The molecule has 0 spiro atoms. The molecule has 0 radical (unpaired) electrons. The first kappa shape index (κ1) is 21.5. The Morgan fingerprint density at radius 3 is 2.44 bits per heavy atom. The van der Waals surface area contributed by atoms with Crippen molar-refractivity contribution < 1.29 is 14.3 Å². The molecule has 1 N–H and O–H groups in total. The Kier molecular flexibility index (Phi) is 9.58. The lowest BCUT2D eigenvalue weighted by Gasteiger charge is -2.28. The first-order valence-corrected chi connectivity index (χ1v) is 9.65. The van der Waals surface area contributed by atoms with Gasteiger partial charge >= 0.3 is 0 Å². The van der Waals surface area contributed by atoms with Crippen LogP contribution in [0, 0.1) is 6.92 Å². The lowest BCUT2D eigenvalue weighted by molar-refractivity contribution is -0.139. The number of amides is 1. The van der Waals surface area contributed by atoms with E-state index in [2.05, 4.69) is 19.2 Å². The van der Waals surface area contributed by atoms with E-state index in [1.807, 2.05) is 39.0 Å². The van der Waals surface area contributed by atoms with Crippen molar-refractivity contribution in [3.05, 3.63) is 23.8 Å². The van der Waals surface area contributed by atoms with E-state index in [4.69, 9.17) is 9.47 Å². The molecule has 25 heavy (non-hydrogen) atoms. The van der Waals surface area contributed by atoms with Gasteiger partial charge in [-0.15, -0.1) is 0 Å². The summed E-state index contributed by atoms with van der Waals surface area (Å²) in [4.78, 5) is 12.8. The van der Waals surface area contributed by atoms with Gasteiger partial charge in [0.15, 0.2) is 0 Å². The van der Waals surface area contributed by atoms with E-state index in [1.54, 1.807) is 0 Å². The fourth-order valence-corrected chi connectivity index (χ4v) is 2.76. The van der Waals surface area contributed by atoms with Crippen LogP contribution in [0.15, 0.2) is 18.2 Å². The largest absolute Gasteiger partial charge is 0.493 e. The molecule has 0 aliphatic heterocycles. The highest BCUT2D eigenvalue weighted by Gasteiger charge is 2.33. The third-order valence-corrected chi connectivity index (χ3v) is 4.39. The number of benzene rings is 1. The van der Waals surface area contributed by atoms with E-state index >= 15 is 0 Å². The molecule has 142 valence electrons. The Bertz CT molecular complexity index is 530. The van der Waals surface area contributed by atoms with E-state index in [0.29, 0.717) is 6.61 Å². The van der Waals surface area contributed by atoms with Crippen molar-refractivity contribution in [1.29, 1.82) is 0 Å². The first-order chi connectivity index (χ1) is 12.0. The fraction of sp³-hybridized carbons (Fsp3) is 0.667. The number of rotatable bonds is 12. The summed E-state index contributed by atoms with van der Waals surface area (Å²) >= 11 is 0. The highest BCUT2D eigenvalue weighted by molar-refractivity contribution is 5.97. The summed E-state index contributed by atoms with van der Waals surface area (Å²) in [6.45, 7) is 11.4. The molecule has 0 saturated heterocycles. The number of nitrogens with one attached hydrogen (secondary N) is 1. The standard InChI is InChI=1S/C21H35NO3/c1-6-9-11-14-21(5,25-8-3)20(23)22-18-12-13-19(17(4)16-18)24-15-10-7-2/h12-13,16H,6-11,14-15H2,1-5H3,(H,22,23)/t21-/m0/s1. The molecule has 0 aliphatic carbocycles. The Morgan fingerprint density at radius 1 is 1.12 bits per heavy atom. The van der Waals surface area contributed by atoms with Crippen molar-refractivity contribution in [2.75, 3.05) is 18.5 Å². The molecule has 0 unspecified atom stereocenters. The SMILES string of the molecule is CCCCC[C@](C)(OCC)C(=O)Nc1ccc(OCCCC)c(C)c1. The van der Waals surface area contributed by atoms with E-state index in [-0.39, 0.29) is 5.91 Å². The van der Waals surface area contributed by atoms with Gasteiger partial charge in [-0.2, -0.15) is 0 Å². The maximum Gasteiger partial charge on any atom is 0.256 e. The number of hydrogen-bond acceptors (Lipinski definition) is 3. The second-order valence-electron chi connectivity index (χ2n) is 6.76. The molecule has 0 aliphatic rings. The quantitative estimate of drug-likeness (QED) is 0.508. The van der Waals surface area contributed by atoms with Crippen molar-refractivity contribution in [2.24, 2.45) is 0 Å². The summed E-state index contributed by atoms with van der Waals surface area (Å²) in [7, 11) is 0. The molecule has 0 bridgehead atoms. The van der Waals surface area contributed by atoms with Crippen molar-refractivity contribution in [3.63, 3.8) is 0 Å². The van der Waals surface area contributed by atoms with Crippen LogP contribution in [0.2, 0.25) is 0 Å². The Hall–Kier alpha value is -1.55. The first-order valence-electron chi connectivity index (χ1n) is 9.65. The van der Waals surface area contributed by atoms with Crippen LogP contribution in [0.4, 0.5) is 5.69 Å². The molecule has 0 fully saturated rings. The second kappa shape index (κ2) is 11.1. The lowest BCUT2D eigenvalue weighted by atomic mass is 9.96. The Balaban J connectivity index is 2.74. The van der Waals surface area contributed by atoms with Crippen LogP contribution in [0.1, 0.15) is 71.8 Å². The molecule has 0 aromatic heterocycles. The molecule has 1 rings (SSSR count). The topological polar surface area (TPSA) is 47.6 Å². The third-order valence-electron chi connectivity index (χ3n) is 4.39. The number of aryl methyl sites for hydroxylation is 1. The lowest BCUT2D eigenvalue weighted by Crippen LogP contribution is -2.42.